The highest BCUT2D eigenvalue weighted by atomic mass is 16.3. The summed E-state index contributed by atoms with van der Waals surface area (Å²) in [7, 11) is 0. The second kappa shape index (κ2) is 17.4. The first kappa shape index (κ1) is 46.4. The fraction of sp³-hybridized carbons (Fsp3) is 0.0123. The van der Waals surface area contributed by atoms with Crippen molar-refractivity contribution in [1.82, 2.24) is 0 Å². The van der Waals surface area contributed by atoms with E-state index in [2.05, 4.69) is 290 Å². The van der Waals surface area contributed by atoms with Gasteiger partial charge in [-0.15, -0.1) is 0 Å². The highest BCUT2D eigenvalue weighted by molar-refractivity contribution is 6.17. The molecule has 0 unspecified atom stereocenters. The SMILES string of the molecule is c1ccc2c(c1)-c1ccccc1C21c2cc(-c3c(-c4cccc5c4oc4ccccc45)ccc4ccccc34)ccc2N(c2cccc3c2oc2ccccc23)c2ccc(-c3c(-c4cccc5c4oc4ccccc45)ccc4ccccc34)cc21. The van der Waals surface area contributed by atoms with Gasteiger partial charge in [0, 0.05) is 43.4 Å². The lowest BCUT2D eigenvalue weighted by Gasteiger charge is -2.45. The number of nitrogens with zero attached hydrogens (tertiary/aromatic N) is 1. The maximum Gasteiger partial charge on any atom is 0.159 e. The quantitative estimate of drug-likeness (QED) is 0.172. The summed E-state index contributed by atoms with van der Waals surface area (Å²) in [5.41, 5.74) is 23.6. The number of hydrogen-bond acceptors (Lipinski definition) is 4. The average Bonchev–Trinajstić information content (AvgIpc) is 1.74. The molecule has 0 amide bonds. The van der Waals surface area contributed by atoms with Gasteiger partial charge in [0.1, 0.15) is 27.9 Å². The van der Waals surface area contributed by atoms with Crippen LogP contribution in [-0.2, 0) is 5.41 Å². The molecule has 4 heterocycles. The Morgan fingerprint density at radius 1 is 0.235 bits per heavy atom. The molecule has 1 aliphatic carbocycles. The van der Waals surface area contributed by atoms with Crippen LogP contribution in [0, 0.1) is 0 Å². The van der Waals surface area contributed by atoms with E-state index < -0.39 is 5.41 Å². The number of anilines is 3. The summed E-state index contributed by atoms with van der Waals surface area (Å²) in [6.07, 6.45) is 0. The van der Waals surface area contributed by atoms with Crippen LogP contribution in [0.2, 0.25) is 0 Å². The third-order valence-corrected chi connectivity index (χ3v) is 18.7. The van der Waals surface area contributed by atoms with Crippen LogP contribution in [-0.4, -0.2) is 0 Å². The zero-order valence-electron chi connectivity index (χ0n) is 45.8. The van der Waals surface area contributed by atoms with Crippen molar-refractivity contribution in [3.05, 3.63) is 307 Å². The minimum atomic E-state index is -0.824. The molecule has 4 nitrogen and oxygen atoms in total. The number of benzene rings is 14. The van der Waals surface area contributed by atoms with Gasteiger partial charge in [0.05, 0.1) is 22.5 Å². The topological polar surface area (TPSA) is 42.7 Å². The molecular formula is C81H47NO3. The first-order valence-electron chi connectivity index (χ1n) is 29.2. The zero-order valence-corrected chi connectivity index (χ0v) is 45.8. The Kier molecular flexibility index (Phi) is 9.51. The molecule has 0 radical (unpaired) electrons. The summed E-state index contributed by atoms with van der Waals surface area (Å²) in [4.78, 5) is 2.50. The minimum absolute atomic E-state index is 0.824. The first-order valence-corrected chi connectivity index (χ1v) is 29.2. The summed E-state index contributed by atoms with van der Waals surface area (Å²) in [6, 6.07) is 105. The van der Waals surface area contributed by atoms with Gasteiger partial charge in [-0.3, -0.25) is 0 Å². The predicted molar refractivity (Wildman–Crippen MR) is 351 cm³/mol. The Bertz CT molecular complexity index is 5420. The molecule has 0 fully saturated rings. The second-order valence-electron chi connectivity index (χ2n) is 22.9. The molecule has 14 aromatic carbocycles. The highest BCUT2D eigenvalue weighted by Gasteiger charge is 2.52. The fourth-order valence-electron chi connectivity index (χ4n) is 15.2. The van der Waals surface area contributed by atoms with Crippen molar-refractivity contribution in [1.29, 1.82) is 0 Å². The van der Waals surface area contributed by atoms with Gasteiger partial charge < -0.3 is 18.2 Å². The van der Waals surface area contributed by atoms with Crippen LogP contribution < -0.4 is 4.90 Å². The van der Waals surface area contributed by atoms with Gasteiger partial charge >= 0.3 is 0 Å². The molecule has 4 heteroatoms. The van der Waals surface area contributed by atoms with E-state index in [9.17, 15) is 0 Å². The van der Waals surface area contributed by atoms with Crippen molar-refractivity contribution in [2.75, 3.05) is 4.90 Å². The van der Waals surface area contributed by atoms with Gasteiger partial charge in [0.2, 0.25) is 0 Å². The number of hydrogen-bond donors (Lipinski definition) is 0. The van der Waals surface area contributed by atoms with Crippen LogP contribution in [0.3, 0.4) is 0 Å². The van der Waals surface area contributed by atoms with Crippen molar-refractivity contribution in [2.24, 2.45) is 0 Å². The third kappa shape index (κ3) is 6.35. The Morgan fingerprint density at radius 2 is 0.612 bits per heavy atom. The lowest BCUT2D eigenvalue weighted by atomic mass is 9.63. The van der Waals surface area contributed by atoms with Gasteiger partial charge in [0.15, 0.2) is 5.58 Å². The first-order chi connectivity index (χ1) is 42.2. The molecule has 0 atom stereocenters. The molecule has 0 N–H and O–H groups in total. The summed E-state index contributed by atoms with van der Waals surface area (Å²) in [5.74, 6) is 0. The standard InChI is InChI=1S/C81H47NO3/c1-3-20-52-48(18-1)38-42-59(64-29-15-27-61-56-24-7-12-35-73(56)83-78(61)64)76(52)50-40-44-70-68(46-50)81(66-32-10-5-22-54(66)55-23-6-11-33-67(55)81)69-47-51(41-45-71(69)82(70)72-34-17-31-63-58-26-9-14-37-75(58)85-80(63)72)77-53-21-4-2-19-49(53)39-43-60(77)65-30-16-28-62-57-25-8-13-36-74(57)84-79(62)65/h1-47H. The number of rotatable bonds is 5. The van der Waals surface area contributed by atoms with Crippen molar-refractivity contribution in [2.45, 2.75) is 5.41 Å². The number of fused-ring (bicyclic) bond motifs is 20. The molecule has 0 bridgehead atoms. The maximum absolute atomic E-state index is 7.06. The molecular weight excluding hydrogens is 1030 g/mol. The van der Waals surface area contributed by atoms with Crippen LogP contribution >= 0.6 is 0 Å². The van der Waals surface area contributed by atoms with E-state index in [1.807, 2.05) is 0 Å². The molecule has 3 aromatic heterocycles. The van der Waals surface area contributed by atoms with E-state index in [1.165, 1.54) is 54.9 Å². The third-order valence-electron chi connectivity index (χ3n) is 18.7. The second-order valence-corrected chi connectivity index (χ2v) is 22.9. The van der Waals surface area contributed by atoms with Crippen molar-refractivity contribution >= 4 is 104 Å². The molecule has 394 valence electrons. The summed E-state index contributed by atoms with van der Waals surface area (Å²) in [5, 5.41) is 11.2. The predicted octanol–water partition coefficient (Wildman–Crippen LogP) is 22.5. The Hall–Kier alpha value is -11.2. The number of furan rings is 3. The van der Waals surface area contributed by atoms with E-state index in [0.29, 0.717) is 0 Å². The summed E-state index contributed by atoms with van der Waals surface area (Å²) >= 11 is 0. The number of para-hydroxylation sites is 6. The van der Waals surface area contributed by atoms with Gasteiger partial charge in [-0.2, -0.15) is 0 Å². The molecule has 0 saturated heterocycles. The Balaban J connectivity index is 0.952. The lowest BCUT2D eigenvalue weighted by molar-refractivity contribution is 0.668. The lowest BCUT2D eigenvalue weighted by Crippen LogP contribution is -2.36. The molecule has 0 saturated carbocycles. The highest BCUT2D eigenvalue weighted by Crippen LogP contribution is 2.65. The average molecular weight is 1080 g/mol. The molecule has 17 aromatic rings. The van der Waals surface area contributed by atoms with Crippen LogP contribution in [0.25, 0.3) is 143 Å². The summed E-state index contributed by atoms with van der Waals surface area (Å²) < 4.78 is 20.8. The van der Waals surface area contributed by atoms with Crippen LogP contribution in [0.5, 0.6) is 0 Å². The van der Waals surface area contributed by atoms with Crippen molar-refractivity contribution < 1.29 is 13.3 Å². The molecule has 19 rings (SSSR count). The largest absolute Gasteiger partial charge is 0.455 e. The fourth-order valence-corrected chi connectivity index (χ4v) is 15.2. The summed E-state index contributed by atoms with van der Waals surface area (Å²) in [6.45, 7) is 0. The molecule has 1 spiro atoms. The minimum Gasteiger partial charge on any atom is -0.455 e. The van der Waals surface area contributed by atoms with Crippen molar-refractivity contribution in [3.63, 3.8) is 0 Å². The van der Waals surface area contributed by atoms with Gasteiger partial charge in [-0.25, -0.2) is 0 Å². The van der Waals surface area contributed by atoms with E-state index >= 15 is 0 Å². The van der Waals surface area contributed by atoms with E-state index in [0.717, 1.165) is 127 Å². The van der Waals surface area contributed by atoms with E-state index in [1.54, 1.807) is 0 Å². The van der Waals surface area contributed by atoms with Gasteiger partial charge in [-0.1, -0.05) is 237 Å². The Labute approximate surface area is 488 Å². The molecule has 85 heavy (non-hydrogen) atoms. The maximum atomic E-state index is 7.06. The monoisotopic (exact) mass is 1080 g/mol. The van der Waals surface area contributed by atoms with Crippen LogP contribution in [0.15, 0.2) is 298 Å². The van der Waals surface area contributed by atoms with Crippen LogP contribution in [0.1, 0.15) is 22.3 Å². The van der Waals surface area contributed by atoms with E-state index in [4.69, 9.17) is 13.3 Å². The van der Waals surface area contributed by atoms with Gasteiger partial charge in [-0.05, 0) is 137 Å². The molecule has 2 aliphatic rings. The zero-order chi connectivity index (χ0) is 55.5. The normalized spacial score (nSPS) is 13.2. The Morgan fingerprint density at radius 3 is 1.11 bits per heavy atom. The smallest absolute Gasteiger partial charge is 0.159 e. The molecule has 1 aliphatic heterocycles. The van der Waals surface area contributed by atoms with Crippen molar-refractivity contribution in [3.8, 4) is 55.6 Å². The van der Waals surface area contributed by atoms with Crippen LogP contribution in [0.4, 0.5) is 17.1 Å². The van der Waals surface area contributed by atoms with Gasteiger partial charge in [0.25, 0.3) is 0 Å². The van der Waals surface area contributed by atoms with E-state index in [-0.39, 0.29) is 0 Å².